The average Bonchev–Trinajstić information content (AvgIpc) is 3.41. The summed E-state index contributed by atoms with van der Waals surface area (Å²) in [4.78, 5) is 24.4. The molecule has 0 radical (unpaired) electrons. The molecule has 2 aliphatic carbocycles. The molecular formula is C32H38F7N3O5. The van der Waals surface area contributed by atoms with Gasteiger partial charge in [0.15, 0.2) is 11.5 Å². The van der Waals surface area contributed by atoms with Crippen LogP contribution in [0.15, 0.2) is 36.4 Å². The lowest BCUT2D eigenvalue weighted by molar-refractivity contribution is -0.192. The number of urea groups is 1. The number of halogens is 7. The number of nitrogens with zero attached hydrogens (tertiary/aromatic N) is 1. The van der Waals surface area contributed by atoms with E-state index in [2.05, 4.69) is 27.7 Å². The van der Waals surface area contributed by atoms with E-state index in [0.29, 0.717) is 23.6 Å². The van der Waals surface area contributed by atoms with Crippen LogP contribution in [-0.4, -0.2) is 67.1 Å². The van der Waals surface area contributed by atoms with E-state index in [9.17, 15) is 35.5 Å². The molecule has 3 atom stereocenters. The van der Waals surface area contributed by atoms with Gasteiger partial charge in [-0.25, -0.2) is 14.0 Å². The summed E-state index contributed by atoms with van der Waals surface area (Å²) < 4.78 is 95.9. The molecule has 3 unspecified atom stereocenters. The molecule has 0 bridgehead atoms. The molecule has 1 heterocycles. The first-order valence-electron chi connectivity index (χ1n) is 15.3. The molecule has 5 rings (SSSR count). The Labute approximate surface area is 267 Å². The fourth-order valence-electron chi connectivity index (χ4n) is 7.22. The lowest BCUT2D eigenvalue weighted by atomic mass is 9.64. The van der Waals surface area contributed by atoms with Gasteiger partial charge in [0.1, 0.15) is 5.82 Å². The zero-order valence-corrected chi connectivity index (χ0v) is 25.9. The van der Waals surface area contributed by atoms with Crippen molar-refractivity contribution >= 4 is 17.7 Å². The van der Waals surface area contributed by atoms with Gasteiger partial charge >= 0.3 is 24.4 Å². The van der Waals surface area contributed by atoms with Gasteiger partial charge in [-0.2, -0.15) is 26.3 Å². The summed E-state index contributed by atoms with van der Waals surface area (Å²) in [6, 6.07) is 8.62. The van der Waals surface area contributed by atoms with E-state index in [1.54, 1.807) is 14.2 Å². The van der Waals surface area contributed by atoms with E-state index in [-0.39, 0.29) is 23.2 Å². The van der Waals surface area contributed by atoms with Crippen LogP contribution in [0.3, 0.4) is 0 Å². The van der Waals surface area contributed by atoms with Gasteiger partial charge in [0.25, 0.3) is 0 Å². The number of carbonyl (C=O) groups is 2. The smallest absolute Gasteiger partial charge is 0.490 e. The Morgan fingerprint density at radius 2 is 1.57 bits per heavy atom. The van der Waals surface area contributed by atoms with Gasteiger partial charge < -0.3 is 25.2 Å². The SMILES string of the molecule is COc1ccc(C23CCC(NC(=O)Nc4ccc(F)c(C(F)(F)F)c4)CC2N(C2CCCCC2)CC3)cc1OC.O=C(O)C(F)(F)F. The van der Waals surface area contributed by atoms with E-state index in [1.807, 2.05) is 6.07 Å². The molecule has 2 aromatic carbocycles. The summed E-state index contributed by atoms with van der Waals surface area (Å²) in [5.41, 5.74) is -0.393. The van der Waals surface area contributed by atoms with Gasteiger partial charge in [0.2, 0.25) is 0 Å². The number of amides is 2. The third kappa shape index (κ3) is 8.40. The Bertz CT molecular complexity index is 1410. The highest BCUT2D eigenvalue weighted by Gasteiger charge is 2.53. The zero-order valence-electron chi connectivity index (χ0n) is 25.9. The maximum atomic E-state index is 13.7. The minimum atomic E-state index is -5.08. The summed E-state index contributed by atoms with van der Waals surface area (Å²) in [6.45, 7) is 0.985. The number of fused-ring (bicyclic) bond motifs is 1. The number of benzene rings is 2. The first-order valence-corrected chi connectivity index (χ1v) is 15.3. The molecule has 47 heavy (non-hydrogen) atoms. The number of nitrogens with one attached hydrogen (secondary N) is 2. The van der Waals surface area contributed by atoms with Gasteiger partial charge in [0, 0.05) is 29.2 Å². The number of likely N-dealkylation sites (tertiary alicyclic amines) is 1. The first-order chi connectivity index (χ1) is 22.1. The normalized spacial score (nSPS) is 23.6. The van der Waals surface area contributed by atoms with Crippen LogP contribution >= 0.6 is 0 Å². The molecule has 2 amide bonds. The summed E-state index contributed by atoms with van der Waals surface area (Å²) >= 11 is 0. The van der Waals surface area contributed by atoms with Crippen LogP contribution in [0.1, 0.15) is 68.9 Å². The number of hydrogen-bond acceptors (Lipinski definition) is 5. The third-order valence-electron chi connectivity index (χ3n) is 9.41. The number of carboxylic acids is 1. The molecule has 1 saturated heterocycles. The lowest BCUT2D eigenvalue weighted by Gasteiger charge is -2.47. The number of ether oxygens (including phenoxy) is 2. The van der Waals surface area contributed by atoms with Crippen LogP contribution in [0.5, 0.6) is 11.5 Å². The highest BCUT2D eigenvalue weighted by Crippen LogP contribution is 2.52. The molecule has 2 saturated carbocycles. The summed E-state index contributed by atoms with van der Waals surface area (Å²) in [5, 5.41) is 12.6. The second-order valence-corrected chi connectivity index (χ2v) is 12.1. The molecule has 3 N–H and O–H groups in total. The maximum Gasteiger partial charge on any atom is 0.490 e. The molecule has 15 heteroatoms. The monoisotopic (exact) mass is 677 g/mol. The number of anilines is 1. The second-order valence-electron chi connectivity index (χ2n) is 12.1. The van der Waals surface area contributed by atoms with Crippen molar-refractivity contribution in [2.75, 3.05) is 26.1 Å². The molecule has 0 aromatic heterocycles. The Morgan fingerprint density at radius 1 is 0.915 bits per heavy atom. The second kappa shape index (κ2) is 14.6. The fourth-order valence-corrected chi connectivity index (χ4v) is 7.22. The fraction of sp³-hybridized carbons (Fsp3) is 0.562. The van der Waals surface area contributed by atoms with Crippen molar-refractivity contribution in [3.63, 3.8) is 0 Å². The van der Waals surface area contributed by atoms with Crippen molar-refractivity contribution in [3.05, 3.63) is 53.3 Å². The van der Waals surface area contributed by atoms with Crippen molar-refractivity contribution in [1.82, 2.24) is 10.2 Å². The van der Waals surface area contributed by atoms with Crippen LogP contribution in [0, 0.1) is 5.82 Å². The number of carbonyl (C=O) groups excluding carboxylic acids is 1. The van der Waals surface area contributed by atoms with Crippen molar-refractivity contribution in [1.29, 1.82) is 0 Å². The number of alkyl halides is 6. The number of aliphatic carboxylic acids is 1. The number of hydrogen-bond donors (Lipinski definition) is 3. The van der Waals surface area contributed by atoms with Gasteiger partial charge in [-0.15, -0.1) is 0 Å². The highest BCUT2D eigenvalue weighted by molar-refractivity contribution is 5.89. The minimum Gasteiger partial charge on any atom is -0.493 e. The molecule has 0 spiro atoms. The summed E-state index contributed by atoms with van der Waals surface area (Å²) in [7, 11) is 3.26. The molecular weight excluding hydrogens is 639 g/mol. The van der Waals surface area contributed by atoms with Crippen LogP contribution in [-0.2, 0) is 16.4 Å². The van der Waals surface area contributed by atoms with Gasteiger partial charge in [-0.1, -0.05) is 25.3 Å². The van der Waals surface area contributed by atoms with E-state index < -0.39 is 35.7 Å². The summed E-state index contributed by atoms with van der Waals surface area (Å²) in [5.74, 6) is -2.75. The Morgan fingerprint density at radius 3 is 2.17 bits per heavy atom. The average molecular weight is 678 g/mol. The standard InChI is InChI=1S/C30H37F4N3O3.C2HF3O2/c1-39-25-11-8-19(16-26(25)40-2)29-13-12-21(18-27(29)37(15-14-29)22-6-4-3-5-7-22)36-28(38)35-20-9-10-24(31)23(17-20)30(32,33)34;3-2(4,5)1(6)7/h8-11,16-17,21-22,27H,3-7,12-15,18H2,1-2H3,(H2,35,36,38);(H,6,7). The quantitative estimate of drug-likeness (QED) is 0.274. The van der Waals surface area contributed by atoms with E-state index in [4.69, 9.17) is 19.4 Å². The van der Waals surface area contributed by atoms with E-state index >= 15 is 0 Å². The largest absolute Gasteiger partial charge is 0.493 e. The predicted molar refractivity (Wildman–Crippen MR) is 158 cm³/mol. The van der Waals surface area contributed by atoms with E-state index in [0.717, 1.165) is 44.4 Å². The zero-order chi connectivity index (χ0) is 34.6. The van der Waals surface area contributed by atoms with Crippen LogP contribution < -0.4 is 20.1 Å². The van der Waals surface area contributed by atoms with Gasteiger partial charge in [-0.3, -0.25) is 4.90 Å². The third-order valence-corrected chi connectivity index (χ3v) is 9.41. The number of carboxylic acid groups (broad SMARTS) is 1. The summed E-state index contributed by atoms with van der Waals surface area (Å²) in [6.07, 6.45) is -0.554. The van der Waals surface area contributed by atoms with Crippen LogP contribution in [0.4, 0.5) is 41.2 Å². The van der Waals surface area contributed by atoms with E-state index in [1.165, 1.54) is 37.7 Å². The molecule has 2 aromatic rings. The van der Waals surface area contributed by atoms with Crippen LogP contribution in [0.25, 0.3) is 0 Å². The van der Waals surface area contributed by atoms with Gasteiger partial charge in [0.05, 0.1) is 19.8 Å². The number of rotatable bonds is 6. The molecule has 8 nitrogen and oxygen atoms in total. The molecule has 1 aliphatic heterocycles. The molecule has 3 fully saturated rings. The highest BCUT2D eigenvalue weighted by atomic mass is 19.4. The van der Waals surface area contributed by atoms with Crippen molar-refractivity contribution in [2.24, 2.45) is 0 Å². The molecule has 260 valence electrons. The maximum absolute atomic E-state index is 13.7. The Balaban J connectivity index is 0.000000644. The van der Waals surface area contributed by atoms with Gasteiger partial charge in [-0.05, 0) is 81.0 Å². The molecule has 3 aliphatic rings. The minimum absolute atomic E-state index is 0.0930. The first kappa shape index (κ1) is 36.1. The Hall–Kier alpha value is -3.75. The van der Waals surface area contributed by atoms with Crippen LogP contribution in [0.2, 0.25) is 0 Å². The van der Waals surface area contributed by atoms with Crippen molar-refractivity contribution in [3.8, 4) is 11.5 Å². The Kier molecular flexibility index (Phi) is 11.2. The number of methoxy groups -OCH3 is 2. The lowest BCUT2D eigenvalue weighted by Crippen LogP contribution is -2.55. The van der Waals surface area contributed by atoms with Crippen molar-refractivity contribution in [2.45, 2.75) is 93.7 Å². The topological polar surface area (TPSA) is 100 Å². The van der Waals surface area contributed by atoms with Crippen molar-refractivity contribution < 1.29 is 54.9 Å². The predicted octanol–water partition coefficient (Wildman–Crippen LogP) is 7.51.